The molecule has 2 rings (SSSR count). The van der Waals surface area contributed by atoms with Crippen molar-refractivity contribution in [1.82, 2.24) is 15.8 Å². The number of amides is 2. The SMILES string of the molecule is O=C(NNC(=O)c1cc([N+](=O)[O-])ccc1I)c1cccnc1. The fraction of sp³-hybridized carbons (Fsp3) is 0. The van der Waals surface area contributed by atoms with Crippen LogP contribution in [0, 0.1) is 13.7 Å². The van der Waals surface area contributed by atoms with Crippen molar-refractivity contribution >= 4 is 40.1 Å². The Labute approximate surface area is 138 Å². The van der Waals surface area contributed by atoms with Crippen molar-refractivity contribution < 1.29 is 14.5 Å². The third-order valence-corrected chi connectivity index (χ3v) is 3.56. The van der Waals surface area contributed by atoms with Crippen LogP contribution in [0.5, 0.6) is 0 Å². The average molecular weight is 412 g/mol. The molecule has 0 aliphatic carbocycles. The normalized spacial score (nSPS) is 9.86. The molecule has 0 radical (unpaired) electrons. The van der Waals surface area contributed by atoms with Crippen LogP contribution in [0.25, 0.3) is 0 Å². The third-order valence-electron chi connectivity index (χ3n) is 2.62. The fourth-order valence-electron chi connectivity index (χ4n) is 1.55. The molecule has 1 aromatic heterocycles. The zero-order valence-corrected chi connectivity index (χ0v) is 13.1. The zero-order chi connectivity index (χ0) is 16.1. The van der Waals surface area contributed by atoms with Crippen LogP contribution in [0.15, 0.2) is 42.7 Å². The number of hydrazine groups is 1. The number of nitrogens with one attached hydrogen (secondary N) is 2. The fourth-order valence-corrected chi connectivity index (χ4v) is 2.13. The molecule has 0 saturated heterocycles. The Balaban J connectivity index is 2.08. The summed E-state index contributed by atoms with van der Waals surface area (Å²) >= 11 is 1.88. The van der Waals surface area contributed by atoms with Gasteiger partial charge in [0.25, 0.3) is 17.5 Å². The van der Waals surface area contributed by atoms with Gasteiger partial charge < -0.3 is 0 Å². The number of hydrogen-bond acceptors (Lipinski definition) is 5. The molecule has 0 atom stereocenters. The van der Waals surface area contributed by atoms with Crippen LogP contribution in [0.2, 0.25) is 0 Å². The number of rotatable bonds is 3. The third kappa shape index (κ3) is 3.75. The molecule has 1 aromatic carbocycles. The lowest BCUT2D eigenvalue weighted by Gasteiger charge is -2.08. The second-order valence-corrected chi connectivity index (χ2v) is 5.23. The molecule has 1 heterocycles. The number of nitro benzene ring substituents is 1. The molecule has 8 nitrogen and oxygen atoms in total. The van der Waals surface area contributed by atoms with Crippen LogP contribution in [-0.4, -0.2) is 21.7 Å². The van der Waals surface area contributed by atoms with Crippen molar-refractivity contribution in [2.45, 2.75) is 0 Å². The first-order valence-corrected chi connectivity index (χ1v) is 7.01. The first kappa shape index (κ1) is 15.8. The molecule has 0 aliphatic heterocycles. The maximum absolute atomic E-state index is 12.0. The van der Waals surface area contributed by atoms with Crippen molar-refractivity contribution in [1.29, 1.82) is 0 Å². The number of pyridine rings is 1. The lowest BCUT2D eigenvalue weighted by molar-refractivity contribution is -0.384. The number of nitro groups is 1. The second-order valence-electron chi connectivity index (χ2n) is 4.07. The minimum Gasteiger partial charge on any atom is -0.267 e. The largest absolute Gasteiger partial charge is 0.271 e. The van der Waals surface area contributed by atoms with Gasteiger partial charge in [0, 0.05) is 28.1 Å². The highest BCUT2D eigenvalue weighted by Gasteiger charge is 2.16. The van der Waals surface area contributed by atoms with E-state index < -0.39 is 16.7 Å². The summed E-state index contributed by atoms with van der Waals surface area (Å²) in [5.41, 5.74) is 4.60. The Morgan fingerprint density at radius 3 is 2.55 bits per heavy atom. The van der Waals surface area contributed by atoms with Gasteiger partial charge in [0.15, 0.2) is 0 Å². The zero-order valence-electron chi connectivity index (χ0n) is 10.9. The van der Waals surface area contributed by atoms with Crippen LogP contribution in [0.4, 0.5) is 5.69 Å². The summed E-state index contributed by atoms with van der Waals surface area (Å²) in [5, 5.41) is 10.7. The van der Waals surface area contributed by atoms with Crippen molar-refractivity contribution in [3.63, 3.8) is 0 Å². The summed E-state index contributed by atoms with van der Waals surface area (Å²) in [6.07, 6.45) is 2.86. The van der Waals surface area contributed by atoms with Gasteiger partial charge in [-0.15, -0.1) is 0 Å². The van der Waals surface area contributed by atoms with E-state index >= 15 is 0 Å². The van der Waals surface area contributed by atoms with Gasteiger partial charge >= 0.3 is 0 Å². The summed E-state index contributed by atoms with van der Waals surface area (Å²) in [6, 6.07) is 7.02. The van der Waals surface area contributed by atoms with Gasteiger partial charge in [-0.2, -0.15) is 0 Å². The predicted molar refractivity (Wildman–Crippen MR) is 85.0 cm³/mol. The van der Waals surface area contributed by atoms with Gasteiger partial charge in [0.05, 0.1) is 16.1 Å². The van der Waals surface area contributed by atoms with Gasteiger partial charge in [0.2, 0.25) is 0 Å². The topological polar surface area (TPSA) is 114 Å². The van der Waals surface area contributed by atoms with Crippen LogP contribution in [-0.2, 0) is 0 Å². The van der Waals surface area contributed by atoms with Crippen molar-refractivity contribution in [2.24, 2.45) is 0 Å². The Morgan fingerprint density at radius 2 is 1.91 bits per heavy atom. The average Bonchev–Trinajstić information content (AvgIpc) is 2.53. The highest BCUT2D eigenvalue weighted by atomic mass is 127. The first-order valence-electron chi connectivity index (χ1n) is 5.93. The summed E-state index contributed by atoms with van der Waals surface area (Å²) in [5.74, 6) is -1.19. The standard InChI is InChI=1S/C13H9IN4O4/c14-11-4-3-9(18(21)22)6-10(11)13(20)17-16-12(19)8-2-1-5-15-7-8/h1-7H,(H,16,19)(H,17,20). The Bertz CT molecular complexity index is 736. The minimum absolute atomic E-state index is 0.0984. The molecule has 22 heavy (non-hydrogen) atoms. The van der Waals surface area contributed by atoms with Crippen molar-refractivity contribution in [2.75, 3.05) is 0 Å². The van der Waals surface area contributed by atoms with Crippen LogP contribution in [0.1, 0.15) is 20.7 Å². The van der Waals surface area contributed by atoms with E-state index in [4.69, 9.17) is 0 Å². The molecule has 0 unspecified atom stereocenters. The second kappa shape index (κ2) is 6.93. The number of benzene rings is 1. The Hall–Kier alpha value is -2.56. The lowest BCUT2D eigenvalue weighted by Crippen LogP contribution is -2.41. The van der Waals surface area contributed by atoms with E-state index in [1.807, 2.05) is 22.6 Å². The maximum atomic E-state index is 12.0. The highest BCUT2D eigenvalue weighted by molar-refractivity contribution is 14.1. The molecule has 2 aromatic rings. The van der Waals surface area contributed by atoms with E-state index in [0.29, 0.717) is 3.57 Å². The van der Waals surface area contributed by atoms with Crippen LogP contribution in [0.3, 0.4) is 0 Å². The molecule has 9 heteroatoms. The van der Waals surface area contributed by atoms with E-state index in [2.05, 4.69) is 15.8 Å². The minimum atomic E-state index is -0.648. The number of non-ortho nitro benzene ring substituents is 1. The van der Waals surface area contributed by atoms with Crippen molar-refractivity contribution in [3.8, 4) is 0 Å². The number of hydrogen-bond donors (Lipinski definition) is 2. The Morgan fingerprint density at radius 1 is 1.18 bits per heavy atom. The Kier molecular flexibility index (Phi) is 4.99. The molecule has 0 saturated carbocycles. The van der Waals surface area contributed by atoms with Gasteiger partial charge in [0.1, 0.15) is 0 Å². The number of carbonyl (C=O) groups is 2. The van der Waals surface area contributed by atoms with E-state index in [1.54, 1.807) is 6.07 Å². The molecule has 0 bridgehead atoms. The van der Waals surface area contributed by atoms with Gasteiger partial charge in [-0.25, -0.2) is 0 Å². The molecule has 2 N–H and O–H groups in total. The smallest absolute Gasteiger partial charge is 0.267 e. The summed E-state index contributed by atoms with van der Waals surface area (Å²) in [6.45, 7) is 0. The molecule has 0 spiro atoms. The molecule has 0 fully saturated rings. The maximum Gasteiger partial charge on any atom is 0.271 e. The number of aromatic nitrogens is 1. The summed E-state index contributed by atoms with van der Waals surface area (Å²) < 4.78 is 0.524. The van der Waals surface area contributed by atoms with Gasteiger partial charge in [-0.3, -0.25) is 35.5 Å². The highest BCUT2D eigenvalue weighted by Crippen LogP contribution is 2.19. The van der Waals surface area contributed by atoms with E-state index in [1.165, 1.54) is 30.6 Å². The first-order chi connectivity index (χ1) is 10.5. The number of nitrogens with zero attached hydrogens (tertiary/aromatic N) is 2. The van der Waals surface area contributed by atoms with Crippen LogP contribution >= 0.6 is 22.6 Å². The monoisotopic (exact) mass is 412 g/mol. The number of carbonyl (C=O) groups excluding carboxylic acids is 2. The predicted octanol–water partition coefficient (Wildman–Crippen LogP) is 1.67. The lowest BCUT2D eigenvalue weighted by atomic mass is 10.2. The molecular weight excluding hydrogens is 403 g/mol. The van der Waals surface area contributed by atoms with Gasteiger partial charge in [-0.1, -0.05) is 0 Å². The molecule has 2 amide bonds. The molecular formula is C13H9IN4O4. The summed E-state index contributed by atoms with van der Waals surface area (Å²) in [7, 11) is 0. The number of halogens is 1. The van der Waals surface area contributed by atoms with Crippen LogP contribution < -0.4 is 10.9 Å². The van der Waals surface area contributed by atoms with Crippen molar-refractivity contribution in [3.05, 3.63) is 67.5 Å². The van der Waals surface area contributed by atoms with E-state index in [0.717, 1.165) is 6.07 Å². The van der Waals surface area contributed by atoms with E-state index in [9.17, 15) is 19.7 Å². The van der Waals surface area contributed by atoms with Gasteiger partial charge in [-0.05, 0) is 40.8 Å². The summed E-state index contributed by atoms with van der Waals surface area (Å²) in [4.78, 5) is 37.7. The quantitative estimate of drug-likeness (QED) is 0.452. The molecule has 112 valence electrons. The molecule has 0 aliphatic rings. The van der Waals surface area contributed by atoms with E-state index in [-0.39, 0.29) is 16.8 Å².